The van der Waals surface area contributed by atoms with E-state index < -0.39 is 11.7 Å². The van der Waals surface area contributed by atoms with Crippen molar-refractivity contribution < 1.29 is 18.0 Å². The summed E-state index contributed by atoms with van der Waals surface area (Å²) in [6.45, 7) is 5.28. The zero-order valence-electron chi connectivity index (χ0n) is 18.9. The predicted octanol–water partition coefficient (Wildman–Crippen LogP) is 5.53. The van der Waals surface area contributed by atoms with Gasteiger partial charge in [-0.3, -0.25) is 4.79 Å². The van der Waals surface area contributed by atoms with Gasteiger partial charge in [0.15, 0.2) is 5.82 Å². The van der Waals surface area contributed by atoms with E-state index in [1.54, 1.807) is 0 Å². The van der Waals surface area contributed by atoms with E-state index in [0.29, 0.717) is 12.1 Å². The van der Waals surface area contributed by atoms with Crippen LogP contribution in [0, 0.1) is 0 Å². The maximum atomic E-state index is 13.4. The lowest BCUT2D eigenvalue weighted by Gasteiger charge is -2.46. The number of nitrogens with zero attached hydrogens (tertiary/aromatic N) is 2. The second-order valence-corrected chi connectivity index (χ2v) is 9.02. The van der Waals surface area contributed by atoms with Gasteiger partial charge in [-0.05, 0) is 63.3 Å². The highest BCUT2D eigenvalue weighted by Crippen LogP contribution is 2.35. The molecule has 0 saturated heterocycles. The fourth-order valence-electron chi connectivity index (χ4n) is 4.92. The Balaban J connectivity index is 1.51. The summed E-state index contributed by atoms with van der Waals surface area (Å²) in [5.74, 6) is -0.208. The average molecular weight is 459 g/mol. The van der Waals surface area contributed by atoms with Crippen molar-refractivity contribution in [3.63, 3.8) is 0 Å². The largest absolute Gasteiger partial charge is 0.416 e. The van der Waals surface area contributed by atoms with Gasteiger partial charge in [0.1, 0.15) is 0 Å². The van der Waals surface area contributed by atoms with Gasteiger partial charge in [0.05, 0.1) is 16.6 Å². The quantitative estimate of drug-likeness (QED) is 0.510. The van der Waals surface area contributed by atoms with E-state index in [2.05, 4.69) is 34.3 Å². The van der Waals surface area contributed by atoms with Gasteiger partial charge in [0.25, 0.3) is 5.91 Å². The summed E-state index contributed by atoms with van der Waals surface area (Å²) in [6.07, 6.45) is -0.753. The molecule has 1 unspecified atom stereocenters. The summed E-state index contributed by atoms with van der Waals surface area (Å²) >= 11 is 0. The topological polar surface area (TPSA) is 61.0 Å². The summed E-state index contributed by atoms with van der Waals surface area (Å²) < 4.78 is 39.1. The fourth-order valence-corrected chi connectivity index (χ4v) is 4.92. The minimum atomic E-state index is -4.45. The van der Waals surface area contributed by atoms with Crippen LogP contribution in [0.3, 0.4) is 0 Å². The molecule has 1 aliphatic carbocycles. The summed E-state index contributed by atoms with van der Waals surface area (Å²) in [6, 6.07) is 13.8. The van der Waals surface area contributed by atoms with Crippen molar-refractivity contribution in [2.24, 2.45) is 0 Å². The van der Waals surface area contributed by atoms with Crippen molar-refractivity contribution in [2.75, 3.05) is 6.54 Å². The van der Waals surface area contributed by atoms with Gasteiger partial charge in [-0.1, -0.05) is 30.3 Å². The highest BCUT2D eigenvalue weighted by Gasteiger charge is 2.40. The number of H-pyrrole nitrogens is 1. The van der Waals surface area contributed by atoms with E-state index in [9.17, 15) is 18.0 Å². The summed E-state index contributed by atoms with van der Waals surface area (Å²) in [5.41, 5.74) is 0.626. The highest BCUT2D eigenvalue weighted by atomic mass is 19.4. The maximum absolute atomic E-state index is 13.4. The van der Waals surface area contributed by atoms with E-state index in [4.69, 9.17) is 0 Å². The molecule has 1 aromatic heterocycles. The molecule has 1 fully saturated rings. The standard InChI is InChI=1S/C25H29F3N4O/c1-3-32(23(33)22-30-20-12-11-18(25(26,27)28)14-21(20)31-22)24(2)13-7-10-19(15-24)29-16-17-8-5-4-6-9-17/h4-6,8-9,11-12,14,19,29H,3,7,10,13,15-16H2,1-2H3,(H,30,31)/t19-,24?/m1/s1. The van der Waals surface area contributed by atoms with E-state index in [0.717, 1.165) is 44.4 Å². The third kappa shape index (κ3) is 5.05. The SMILES string of the molecule is CCN(C(=O)c1nc2cc(C(F)(F)F)ccc2[nH]1)C1(C)CCC[C@@H](NCc2ccccc2)C1. The van der Waals surface area contributed by atoms with Crippen molar-refractivity contribution in [3.05, 3.63) is 65.5 Å². The van der Waals surface area contributed by atoms with E-state index in [-0.39, 0.29) is 28.8 Å². The van der Waals surface area contributed by atoms with E-state index >= 15 is 0 Å². The molecule has 1 amide bonds. The van der Waals surface area contributed by atoms with Crippen LogP contribution in [0.5, 0.6) is 0 Å². The number of carbonyl (C=O) groups is 1. The second-order valence-electron chi connectivity index (χ2n) is 9.02. The Morgan fingerprint density at radius 3 is 2.70 bits per heavy atom. The Morgan fingerprint density at radius 2 is 2.00 bits per heavy atom. The molecule has 8 heteroatoms. The molecule has 2 aromatic carbocycles. The first-order valence-corrected chi connectivity index (χ1v) is 11.4. The van der Waals surface area contributed by atoms with Crippen LogP contribution in [0.15, 0.2) is 48.5 Å². The van der Waals surface area contributed by atoms with Crippen LogP contribution in [0.2, 0.25) is 0 Å². The molecule has 5 nitrogen and oxygen atoms in total. The van der Waals surface area contributed by atoms with Gasteiger partial charge in [0, 0.05) is 24.7 Å². The molecule has 33 heavy (non-hydrogen) atoms. The van der Waals surface area contributed by atoms with Crippen LogP contribution in [0.1, 0.15) is 61.3 Å². The lowest BCUT2D eigenvalue weighted by molar-refractivity contribution is -0.137. The van der Waals surface area contributed by atoms with Crippen molar-refractivity contribution in [1.29, 1.82) is 0 Å². The average Bonchev–Trinajstić information content (AvgIpc) is 3.22. The zero-order chi connectivity index (χ0) is 23.6. The van der Waals surface area contributed by atoms with Gasteiger partial charge >= 0.3 is 6.18 Å². The molecule has 2 atom stereocenters. The number of nitrogens with one attached hydrogen (secondary N) is 2. The molecule has 2 N–H and O–H groups in total. The van der Waals surface area contributed by atoms with Gasteiger partial charge in [-0.25, -0.2) is 4.98 Å². The smallest absolute Gasteiger partial charge is 0.334 e. The molecule has 0 aliphatic heterocycles. The molecular formula is C25H29F3N4O. The molecule has 1 saturated carbocycles. The maximum Gasteiger partial charge on any atom is 0.416 e. The first-order chi connectivity index (χ1) is 15.7. The van der Waals surface area contributed by atoms with Crippen molar-refractivity contribution >= 4 is 16.9 Å². The Morgan fingerprint density at radius 1 is 1.24 bits per heavy atom. The summed E-state index contributed by atoms with van der Waals surface area (Å²) in [4.78, 5) is 22.4. The third-order valence-corrected chi connectivity index (χ3v) is 6.62. The number of alkyl halides is 3. The highest BCUT2D eigenvalue weighted by molar-refractivity contribution is 5.94. The van der Waals surface area contributed by atoms with E-state index in [1.807, 2.05) is 30.0 Å². The predicted molar refractivity (Wildman–Crippen MR) is 122 cm³/mol. The molecule has 1 aliphatic rings. The Bertz CT molecular complexity index is 1110. The number of amides is 1. The van der Waals surface area contributed by atoms with Crippen molar-refractivity contribution in [3.8, 4) is 0 Å². The van der Waals surface area contributed by atoms with Gasteiger partial charge < -0.3 is 15.2 Å². The number of fused-ring (bicyclic) bond motifs is 1. The zero-order valence-corrected chi connectivity index (χ0v) is 18.9. The molecule has 0 radical (unpaired) electrons. The molecule has 3 aromatic rings. The first-order valence-electron chi connectivity index (χ1n) is 11.4. The lowest BCUT2D eigenvalue weighted by atomic mass is 9.78. The number of hydrogen-bond donors (Lipinski definition) is 2. The lowest BCUT2D eigenvalue weighted by Crippen LogP contribution is -2.55. The minimum absolute atomic E-state index is 0.0757. The van der Waals surface area contributed by atoms with Crippen molar-refractivity contribution in [1.82, 2.24) is 20.2 Å². The molecule has 0 bridgehead atoms. The first kappa shape index (κ1) is 23.3. The van der Waals surface area contributed by atoms with Gasteiger partial charge in [0.2, 0.25) is 0 Å². The van der Waals surface area contributed by atoms with Crippen LogP contribution in [-0.4, -0.2) is 38.9 Å². The second kappa shape index (κ2) is 9.17. The van der Waals surface area contributed by atoms with Crippen LogP contribution in [0.25, 0.3) is 11.0 Å². The number of imidazole rings is 1. The molecular weight excluding hydrogens is 429 g/mol. The monoisotopic (exact) mass is 458 g/mol. The Labute approximate surface area is 191 Å². The van der Waals surface area contributed by atoms with Gasteiger partial charge in [-0.15, -0.1) is 0 Å². The Hall–Kier alpha value is -2.87. The van der Waals surface area contributed by atoms with Crippen molar-refractivity contribution in [2.45, 2.75) is 63.8 Å². The fraction of sp³-hybridized carbons (Fsp3) is 0.440. The van der Waals surface area contributed by atoms with Crippen LogP contribution >= 0.6 is 0 Å². The summed E-state index contributed by atoms with van der Waals surface area (Å²) in [5, 5.41) is 3.62. The molecule has 176 valence electrons. The molecule has 4 rings (SSSR count). The molecule has 0 spiro atoms. The third-order valence-electron chi connectivity index (χ3n) is 6.62. The normalized spacial score (nSPS) is 21.3. The number of rotatable bonds is 6. The molecule has 1 heterocycles. The van der Waals surface area contributed by atoms with Crippen LogP contribution in [-0.2, 0) is 12.7 Å². The van der Waals surface area contributed by atoms with Crippen LogP contribution < -0.4 is 5.32 Å². The van der Waals surface area contributed by atoms with E-state index in [1.165, 1.54) is 11.6 Å². The number of benzene rings is 2. The number of carbonyl (C=O) groups excluding carboxylic acids is 1. The number of aromatic nitrogens is 2. The number of halogens is 3. The van der Waals surface area contributed by atoms with Crippen LogP contribution in [0.4, 0.5) is 13.2 Å². The van der Waals surface area contributed by atoms with Gasteiger partial charge in [-0.2, -0.15) is 13.2 Å². The number of hydrogen-bond acceptors (Lipinski definition) is 3. The minimum Gasteiger partial charge on any atom is -0.334 e. The Kier molecular flexibility index (Phi) is 6.47. The number of aromatic amines is 1. The summed E-state index contributed by atoms with van der Waals surface area (Å²) in [7, 11) is 0.